The standard InChI is InChI=1S/C72H68/c1-68(2,3)45-27-41-24-23-39-25-26-52-54-37-57-58(38-55(54)56-34-44(32-45)60(41)63(39)65(52)56)61(42-28-46(69(4,5)6)35-47(29-42)70(7,8)9)66-53-22-18-21-51-50-20-17-16-19-40(50)33-59(64(51)53)67(66)62(57)43-30-48(71(10,11)12)36-49(31-43)72(13,14)15/h16-38H,1-15H3. The van der Waals surface area contributed by atoms with Gasteiger partial charge in [-0.1, -0.05) is 219 Å². The minimum atomic E-state index is -0.0616. The Morgan fingerprint density at radius 3 is 1.21 bits per heavy atom. The first-order valence-corrected chi connectivity index (χ1v) is 26.6. The summed E-state index contributed by atoms with van der Waals surface area (Å²) < 4.78 is 0. The van der Waals surface area contributed by atoms with Crippen molar-refractivity contribution in [3.8, 4) is 22.3 Å². The molecule has 0 saturated heterocycles. The first kappa shape index (κ1) is 45.1. The highest BCUT2D eigenvalue weighted by Crippen LogP contribution is 2.56. The van der Waals surface area contributed by atoms with Crippen LogP contribution in [0.5, 0.6) is 0 Å². The molecule has 0 spiro atoms. The molecule has 0 heteroatoms. The Morgan fingerprint density at radius 1 is 0.208 bits per heavy atom. The second-order valence-electron chi connectivity index (χ2n) is 27.0. The molecule has 0 radical (unpaired) electrons. The van der Waals surface area contributed by atoms with Crippen molar-refractivity contribution < 1.29 is 0 Å². The van der Waals surface area contributed by atoms with Crippen molar-refractivity contribution in [1.29, 1.82) is 0 Å². The molecule has 0 atom stereocenters. The molecule has 356 valence electrons. The third-order valence-corrected chi connectivity index (χ3v) is 16.9. The molecular formula is C72H68. The Balaban J connectivity index is 1.34. The zero-order chi connectivity index (χ0) is 50.5. The van der Waals surface area contributed by atoms with Crippen LogP contribution in [0.15, 0.2) is 140 Å². The maximum atomic E-state index is 2.65. The van der Waals surface area contributed by atoms with E-state index in [0.29, 0.717) is 0 Å². The van der Waals surface area contributed by atoms with Gasteiger partial charge in [-0.25, -0.2) is 0 Å². The average Bonchev–Trinajstić information content (AvgIpc) is 3.80. The summed E-state index contributed by atoms with van der Waals surface area (Å²) in [7, 11) is 0. The molecule has 0 unspecified atom stereocenters. The van der Waals surface area contributed by atoms with Gasteiger partial charge in [0.1, 0.15) is 0 Å². The Bertz CT molecular complexity index is 4350. The predicted octanol–water partition coefficient (Wildman–Crippen LogP) is 21.4. The van der Waals surface area contributed by atoms with E-state index in [9.17, 15) is 0 Å². The molecule has 0 bridgehead atoms. The van der Waals surface area contributed by atoms with Crippen molar-refractivity contribution in [2.24, 2.45) is 0 Å². The lowest BCUT2D eigenvalue weighted by atomic mass is 9.76. The van der Waals surface area contributed by atoms with E-state index in [0.717, 1.165) is 0 Å². The van der Waals surface area contributed by atoms with Crippen LogP contribution in [0.1, 0.15) is 132 Å². The van der Waals surface area contributed by atoms with Gasteiger partial charge in [0.25, 0.3) is 0 Å². The second-order valence-corrected chi connectivity index (χ2v) is 27.0. The number of benzene rings is 11. The molecule has 0 N–H and O–H groups in total. The van der Waals surface area contributed by atoms with Crippen molar-refractivity contribution in [1.82, 2.24) is 0 Å². The van der Waals surface area contributed by atoms with Crippen LogP contribution in [-0.4, -0.2) is 0 Å². The highest BCUT2D eigenvalue weighted by Gasteiger charge is 2.31. The fourth-order valence-electron chi connectivity index (χ4n) is 12.8. The van der Waals surface area contributed by atoms with Crippen LogP contribution in [0.2, 0.25) is 0 Å². The molecule has 13 aromatic carbocycles. The number of fused-ring (bicyclic) bond motifs is 9. The molecular weight excluding hydrogens is 865 g/mol. The summed E-state index contributed by atoms with van der Waals surface area (Å²) in [5.41, 5.74) is 11.9. The molecule has 0 amide bonds. The summed E-state index contributed by atoms with van der Waals surface area (Å²) in [4.78, 5) is 0. The summed E-state index contributed by atoms with van der Waals surface area (Å²) in [6.07, 6.45) is 0. The lowest BCUT2D eigenvalue weighted by molar-refractivity contribution is 0.568. The van der Waals surface area contributed by atoms with Gasteiger partial charge in [0.05, 0.1) is 0 Å². The van der Waals surface area contributed by atoms with Crippen molar-refractivity contribution in [2.45, 2.75) is 131 Å². The van der Waals surface area contributed by atoms with Gasteiger partial charge in [-0.05, 0) is 209 Å². The molecule has 0 aliphatic carbocycles. The quantitative estimate of drug-likeness (QED) is 0.152. The van der Waals surface area contributed by atoms with E-state index in [1.165, 1.54) is 158 Å². The number of hydrogen-bond donors (Lipinski definition) is 0. The van der Waals surface area contributed by atoms with Crippen molar-refractivity contribution >= 4 is 108 Å². The number of hydrogen-bond acceptors (Lipinski definition) is 0. The van der Waals surface area contributed by atoms with Gasteiger partial charge >= 0.3 is 0 Å². The topological polar surface area (TPSA) is 0 Å². The zero-order valence-corrected chi connectivity index (χ0v) is 45.3. The van der Waals surface area contributed by atoms with Crippen LogP contribution in [0.3, 0.4) is 0 Å². The summed E-state index contributed by atoms with van der Waals surface area (Å²) in [6.45, 7) is 35.6. The molecule has 0 nitrogen and oxygen atoms in total. The van der Waals surface area contributed by atoms with Crippen LogP contribution in [0.4, 0.5) is 0 Å². The zero-order valence-electron chi connectivity index (χ0n) is 45.3. The molecule has 0 saturated carbocycles. The predicted molar refractivity (Wildman–Crippen MR) is 319 cm³/mol. The Hall–Kier alpha value is -6.76. The average molecular weight is 933 g/mol. The van der Waals surface area contributed by atoms with E-state index in [1.807, 2.05) is 0 Å². The Kier molecular flexibility index (Phi) is 9.07. The SMILES string of the molecule is CC(C)(C)c1cc(-c2c3cc4c(cc3c(-c3cc(C(C)(C)C)cc(C(C)(C)C)c3)c3c5cc6ccccc6c6cccc(c23)c65)c2ccc3ccc5cc(C(C)(C)C)cc6cc4c2c3c56)cc(C(C)(C)C)c1. The minimum Gasteiger partial charge on any atom is -0.0616 e. The van der Waals surface area contributed by atoms with E-state index < -0.39 is 0 Å². The molecule has 0 aliphatic rings. The molecule has 13 rings (SSSR count). The van der Waals surface area contributed by atoms with Crippen molar-refractivity contribution in [3.05, 3.63) is 167 Å². The first-order valence-electron chi connectivity index (χ1n) is 26.6. The largest absolute Gasteiger partial charge is 0.0616 e. The summed E-state index contributed by atoms with van der Waals surface area (Å²) in [5.74, 6) is 0. The summed E-state index contributed by atoms with van der Waals surface area (Å²) in [5, 5.41) is 26.8. The fourth-order valence-corrected chi connectivity index (χ4v) is 12.8. The fraction of sp³-hybridized carbons (Fsp3) is 0.278. The highest BCUT2D eigenvalue weighted by atomic mass is 14.3. The smallest absolute Gasteiger partial charge is 0.000719 e. The lowest BCUT2D eigenvalue weighted by Gasteiger charge is -2.28. The van der Waals surface area contributed by atoms with Gasteiger partial charge in [-0.15, -0.1) is 0 Å². The van der Waals surface area contributed by atoms with Crippen LogP contribution >= 0.6 is 0 Å². The molecule has 0 aliphatic heterocycles. The maximum absolute atomic E-state index is 2.65. The van der Waals surface area contributed by atoms with E-state index >= 15 is 0 Å². The van der Waals surface area contributed by atoms with Gasteiger partial charge in [-0.2, -0.15) is 0 Å². The number of rotatable bonds is 2. The molecule has 72 heavy (non-hydrogen) atoms. The van der Waals surface area contributed by atoms with E-state index in [-0.39, 0.29) is 27.1 Å². The monoisotopic (exact) mass is 933 g/mol. The first-order chi connectivity index (χ1) is 33.8. The van der Waals surface area contributed by atoms with Crippen molar-refractivity contribution in [3.63, 3.8) is 0 Å². The van der Waals surface area contributed by atoms with E-state index in [4.69, 9.17) is 0 Å². The van der Waals surface area contributed by atoms with Gasteiger partial charge in [0, 0.05) is 0 Å². The summed E-state index contributed by atoms with van der Waals surface area (Å²) >= 11 is 0. The normalized spacial score (nSPS) is 13.8. The molecule has 0 heterocycles. The highest BCUT2D eigenvalue weighted by molar-refractivity contribution is 6.45. The van der Waals surface area contributed by atoms with Crippen LogP contribution in [0.25, 0.3) is 130 Å². The van der Waals surface area contributed by atoms with Gasteiger partial charge in [-0.3, -0.25) is 0 Å². The van der Waals surface area contributed by atoms with E-state index in [2.05, 4.69) is 243 Å². The van der Waals surface area contributed by atoms with Gasteiger partial charge in [0.2, 0.25) is 0 Å². The van der Waals surface area contributed by atoms with Crippen LogP contribution < -0.4 is 0 Å². The van der Waals surface area contributed by atoms with Crippen LogP contribution in [0, 0.1) is 0 Å². The third-order valence-electron chi connectivity index (χ3n) is 16.9. The third kappa shape index (κ3) is 6.49. The molecule has 0 fully saturated rings. The Labute approximate surface area is 426 Å². The van der Waals surface area contributed by atoms with Crippen LogP contribution in [-0.2, 0) is 27.1 Å². The minimum absolute atomic E-state index is 0.0205. The maximum Gasteiger partial charge on any atom is -0.000719 e. The van der Waals surface area contributed by atoms with E-state index in [1.54, 1.807) is 0 Å². The van der Waals surface area contributed by atoms with Crippen molar-refractivity contribution in [2.75, 3.05) is 0 Å². The molecule has 0 aromatic heterocycles. The molecule has 13 aromatic rings. The summed E-state index contributed by atoms with van der Waals surface area (Å²) in [6, 6.07) is 56.2. The second kappa shape index (κ2) is 14.5. The Morgan fingerprint density at radius 2 is 0.639 bits per heavy atom. The van der Waals surface area contributed by atoms with Gasteiger partial charge < -0.3 is 0 Å². The van der Waals surface area contributed by atoms with Gasteiger partial charge in [0.15, 0.2) is 0 Å². The lowest BCUT2D eigenvalue weighted by Crippen LogP contribution is -2.16.